The van der Waals surface area contributed by atoms with Gasteiger partial charge in [0.25, 0.3) is 0 Å². The van der Waals surface area contributed by atoms with E-state index in [1.165, 1.54) is 40.3 Å². The predicted octanol–water partition coefficient (Wildman–Crippen LogP) is 3.08. The molecule has 0 aliphatic carbocycles. The number of thioether (sulfide) groups is 1. The van der Waals surface area contributed by atoms with E-state index in [9.17, 15) is 18.3 Å². The van der Waals surface area contributed by atoms with Crippen LogP contribution in [0.5, 0.6) is 5.75 Å². The van der Waals surface area contributed by atoms with Crippen molar-refractivity contribution < 1.29 is 23.1 Å². The van der Waals surface area contributed by atoms with Gasteiger partial charge in [0.15, 0.2) is 5.54 Å². The van der Waals surface area contributed by atoms with Crippen molar-refractivity contribution in [3.05, 3.63) is 24.3 Å². The van der Waals surface area contributed by atoms with Crippen LogP contribution >= 0.6 is 11.8 Å². The summed E-state index contributed by atoms with van der Waals surface area (Å²) >= 11 is 1.48. The molecule has 1 aliphatic rings. The maximum atomic E-state index is 13.5. The average Bonchev–Trinajstić information content (AvgIpc) is 2.57. The highest BCUT2D eigenvalue weighted by Crippen LogP contribution is 2.54. The molecule has 1 fully saturated rings. The third-order valence-electron chi connectivity index (χ3n) is 5.13. The van der Waals surface area contributed by atoms with Crippen LogP contribution in [-0.2, 0) is 14.8 Å². The van der Waals surface area contributed by atoms with Gasteiger partial charge in [-0.3, -0.25) is 4.79 Å². The zero-order valence-electron chi connectivity index (χ0n) is 16.9. The number of sulfonamides is 1. The third-order valence-corrected chi connectivity index (χ3v) is 8.44. The largest absolute Gasteiger partial charge is 0.481 e. The molecule has 6 nitrogen and oxygen atoms in total. The fraction of sp³-hybridized carbons (Fsp3) is 0.550. The molecule has 1 N–H and O–H groups in total. The number of hydrogen-bond donors (Lipinski definition) is 1. The normalized spacial score (nSPS) is 23.0. The van der Waals surface area contributed by atoms with Crippen molar-refractivity contribution in [1.82, 2.24) is 4.31 Å². The van der Waals surface area contributed by atoms with Crippen molar-refractivity contribution in [1.29, 1.82) is 0 Å². The van der Waals surface area contributed by atoms with Crippen molar-refractivity contribution >= 4 is 27.8 Å². The van der Waals surface area contributed by atoms with E-state index in [-0.39, 0.29) is 18.0 Å². The van der Waals surface area contributed by atoms with Gasteiger partial charge < -0.3 is 9.84 Å². The number of benzene rings is 1. The fourth-order valence-corrected chi connectivity index (χ4v) is 7.86. The highest BCUT2D eigenvalue weighted by atomic mass is 32.2. The van der Waals surface area contributed by atoms with Gasteiger partial charge in [0, 0.05) is 17.0 Å². The van der Waals surface area contributed by atoms with Crippen molar-refractivity contribution in [2.24, 2.45) is 5.41 Å². The lowest BCUT2D eigenvalue weighted by Crippen LogP contribution is -2.75. The number of carboxylic acids is 1. The Morgan fingerprint density at radius 1 is 1.32 bits per heavy atom. The summed E-state index contributed by atoms with van der Waals surface area (Å²) in [6.45, 7) is 9.12. The first kappa shape index (κ1) is 22.6. The second-order valence-electron chi connectivity index (χ2n) is 8.17. The molecule has 0 aromatic heterocycles. The molecule has 1 heterocycles. The Hall–Kier alpha value is -1.69. The molecule has 0 amide bonds. The summed E-state index contributed by atoms with van der Waals surface area (Å²) in [4.78, 5) is 12.7. The lowest BCUT2D eigenvalue weighted by atomic mass is 9.66. The van der Waals surface area contributed by atoms with Gasteiger partial charge >= 0.3 is 5.97 Å². The molecular weight excluding hydrogens is 398 g/mol. The molecule has 0 spiro atoms. The van der Waals surface area contributed by atoms with Gasteiger partial charge in [-0.05, 0) is 43.5 Å². The molecule has 1 aromatic carbocycles. The molecule has 1 saturated heterocycles. The van der Waals surface area contributed by atoms with Gasteiger partial charge in [0.1, 0.15) is 12.4 Å². The minimum atomic E-state index is -4.06. The minimum absolute atomic E-state index is 0.0260. The molecule has 1 aliphatic heterocycles. The summed E-state index contributed by atoms with van der Waals surface area (Å²) in [7, 11) is -4.06. The van der Waals surface area contributed by atoms with Crippen molar-refractivity contribution in [2.75, 3.05) is 18.9 Å². The highest BCUT2D eigenvalue weighted by molar-refractivity contribution is 8.01. The van der Waals surface area contributed by atoms with Crippen LogP contribution in [0.1, 0.15) is 34.6 Å². The van der Waals surface area contributed by atoms with Crippen molar-refractivity contribution in [2.45, 2.75) is 49.8 Å². The minimum Gasteiger partial charge on any atom is -0.481 e. The number of hydrogen-bond acceptors (Lipinski definition) is 5. The zero-order valence-corrected chi connectivity index (χ0v) is 18.5. The van der Waals surface area contributed by atoms with E-state index in [0.29, 0.717) is 11.5 Å². The number of nitrogens with zero attached hydrogens (tertiary/aromatic N) is 1. The lowest BCUT2D eigenvalue weighted by molar-refractivity contribution is -0.158. The summed E-state index contributed by atoms with van der Waals surface area (Å²) in [5, 5.41) is 10.3. The molecule has 28 heavy (non-hydrogen) atoms. The van der Waals surface area contributed by atoms with Crippen LogP contribution in [-0.4, -0.2) is 53.0 Å². The molecule has 2 rings (SSSR count). The Morgan fingerprint density at radius 3 is 2.36 bits per heavy atom. The topological polar surface area (TPSA) is 83.9 Å². The Bertz CT molecular complexity index is 879. The van der Waals surface area contributed by atoms with Crippen LogP contribution in [0.25, 0.3) is 0 Å². The standard InChI is InChI=1S/C20H27NO5S2/c1-7-13-26-15-8-10-16(11-9-15)28(24,25)21-12-14-27-19(5,6)20(21,17(22)23)18(2,3)4/h1,8-11H,12-14H2,2-6H3,(H,22,23)/t20-/m1/s1. The fourth-order valence-electron chi connectivity index (χ4n) is 4.18. The maximum Gasteiger partial charge on any atom is 0.327 e. The number of carboxylic acid groups (broad SMARTS) is 1. The summed E-state index contributed by atoms with van der Waals surface area (Å²) in [5.41, 5.74) is -2.47. The van der Waals surface area contributed by atoms with E-state index < -0.39 is 31.7 Å². The van der Waals surface area contributed by atoms with Crippen LogP contribution in [0.4, 0.5) is 0 Å². The highest BCUT2D eigenvalue weighted by Gasteiger charge is 2.67. The predicted molar refractivity (Wildman–Crippen MR) is 111 cm³/mol. The van der Waals surface area contributed by atoms with Gasteiger partial charge in [0.05, 0.1) is 4.90 Å². The van der Waals surface area contributed by atoms with Crippen LogP contribution in [0, 0.1) is 17.8 Å². The van der Waals surface area contributed by atoms with Gasteiger partial charge in [-0.15, -0.1) is 6.42 Å². The number of aliphatic carboxylic acids is 1. The monoisotopic (exact) mass is 425 g/mol. The van der Waals surface area contributed by atoms with Crippen LogP contribution in [0.3, 0.4) is 0 Å². The number of ether oxygens (including phenoxy) is 1. The second-order valence-corrected chi connectivity index (χ2v) is 11.7. The number of terminal acetylenes is 1. The average molecular weight is 426 g/mol. The smallest absolute Gasteiger partial charge is 0.327 e. The van der Waals surface area contributed by atoms with Crippen LogP contribution < -0.4 is 4.74 Å². The van der Waals surface area contributed by atoms with E-state index in [2.05, 4.69) is 5.92 Å². The summed E-state index contributed by atoms with van der Waals surface area (Å²) in [5.74, 6) is 2.17. The molecule has 8 heteroatoms. The molecule has 0 radical (unpaired) electrons. The van der Waals surface area contributed by atoms with Gasteiger partial charge in [-0.25, -0.2) is 8.42 Å². The Kier molecular flexibility index (Phi) is 6.15. The van der Waals surface area contributed by atoms with Gasteiger partial charge in [0.2, 0.25) is 10.0 Å². The second kappa shape index (κ2) is 7.62. The number of rotatable bonds is 5. The van der Waals surface area contributed by atoms with E-state index >= 15 is 0 Å². The molecule has 154 valence electrons. The van der Waals surface area contributed by atoms with Gasteiger partial charge in [-0.1, -0.05) is 26.7 Å². The molecule has 0 saturated carbocycles. The quantitative estimate of drug-likeness (QED) is 0.730. The SMILES string of the molecule is C#CCOc1ccc(S(=O)(=O)N2CCSC(C)(C)[C@@]2(C(=O)O)C(C)(C)C)cc1. The first-order chi connectivity index (χ1) is 12.8. The van der Waals surface area contributed by atoms with E-state index in [0.717, 1.165) is 0 Å². The van der Waals surface area contributed by atoms with Crippen molar-refractivity contribution in [3.8, 4) is 18.1 Å². The Morgan fingerprint density at radius 2 is 1.89 bits per heavy atom. The van der Waals surface area contributed by atoms with E-state index in [1.807, 2.05) is 0 Å². The Labute approximate surface area is 171 Å². The van der Waals surface area contributed by atoms with Crippen molar-refractivity contribution in [3.63, 3.8) is 0 Å². The van der Waals surface area contributed by atoms with Crippen LogP contribution in [0.15, 0.2) is 29.2 Å². The summed E-state index contributed by atoms with van der Waals surface area (Å²) < 4.78 is 32.7. The summed E-state index contributed by atoms with van der Waals surface area (Å²) in [6, 6.07) is 5.89. The molecule has 1 atom stereocenters. The van der Waals surface area contributed by atoms with E-state index in [4.69, 9.17) is 11.2 Å². The summed E-state index contributed by atoms with van der Waals surface area (Å²) in [6.07, 6.45) is 5.16. The molecule has 1 aromatic rings. The first-order valence-corrected chi connectivity index (χ1v) is 11.3. The first-order valence-electron chi connectivity index (χ1n) is 8.89. The molecule has 0 unspecified atom stereocenters. The van der Waals surface area contributed by atoms with E-state index in [1.54, 1.807) is 34.6 Å². The lowest BCUT2D eigenvalue weighted by Gasteiger charge is -2.58. The molecule has 0 bridgehead atoms. The molecular formula is C20H27NO5S2. The third kappa shape index (κ3) is 3.51. The van der Waals surface area contributed by atoms with Crippen LogP contribution in [0.2, 0.25) is 0 Å². The zero-order chi connectivity index (χ0) is 21.4. The maximum absolute atomic E-state index is 13.5. The van der Waals surface area contributed by atoms with Gasteiger partial charge in [-0.2, -0.15) is 16.1 Å². The Balaban J connectivity index is 2.61. The number of carbonyl (C=O) groups is 1.